The van der Waals surface area contributed by atoms with E-state index in [1.165, 1.54) is 0 Å². The highest BCUT2D eigenvalue weighted by atomic mass is 32.2. The number of pyridine rings is 1. The van der Waals surface area contributed by atoms with Gasteiger partial charge in [0, 0.05) is 33.2 Å². The number of hydrogen-bond acceptors (Lipinski definition) is 4. The van der Waals surface area contributed by atoms with Gasteiger partial charge in [-0.15, -0.1) is 11.8 Å². The van der Waals surface area contributed by atoms with Gasteiger partial charge in [0.15, 0.2) is 0 Å². The SMILES string of the molecule is CCOc1cc(-c2ccccc2)nc2ccc(C(=O)Nc3cccc(SC)c3)cc12. The van der Waals surface area contributed by atoms with Gasteiger partial charge in [-0.2, -0.15) is 0 Å². The van der Waals surface area contributed by atoms with E-state index in [0.29, 0.717) is 12.2 Å². The molecular formula is C25H22N2O2S. The van der Waals surface area contributed by atoms with Crippen LogP contribution in [0.2, 0.25) is 0 Å². The number of rotatable bonds is 6. The van der Waals surface area contributed by atoms with Gasteiger partial charge in [-0.05, 0) is 49.6 Å². The maximum absolute atomic E-state index is 12.8. The van der Waals surface area contributed by atoms with Gasteiger partial charge in [-0.3, -0.25) is 4.79 Å². The summed E-state index contributed by atoms with van der Waals surface area (Å²) < 4.78 is 5.89. The van der Waals surface area contributed by atoms with E-state index in [-0.39, 0.29) is 5.91 Å². The van der Waals surface area contributed by atoms with Crippen LogP contribution in [-0.2, 0) is 0 Å². The zero-order valence-corrected chi connectivity index (χ0v) is 17.7. The van der Waals surface area contributed by atoms with Crippen molar-refractivity contribution in [2.45, 2.75) is 11.8 Å². The molecular weight excluding hydrogens is 392 g/mol. The maximum Gasteiger partial charge on any atom is 0.255 e. The van der Waals surface area contributed by atoms with Crippen molar-refractivity contribution in [3.05, 3.63) is 84.4 Å². The first-order valence-electron chi connectivity index (χ1n) is 9.76. The summed E-state index contributed by atoms with van der Waals surface area (Å²) in [4.78, 5) is 18.7. The summed E-state index contributed by atoms with van der Waals surface area (Å²) in [6, 6.07) is 25.2. The second-order valence-electron chi connectivity index (χ2n) is 6.72. The Kier molecular flexibility index (Phi) is 6.00. The summed E-state index contributed by atoms with van der Waals surface area (Å²) in [7, 11) is 0. The summed E-state index contributed by atoms with van der Waals surface area (Å²) in [6.07, 6.45) is 2.01. The monoisotopic (exact) mass is 414 g/mol. The number of thioether (sulfide) groups is 1. The lowest BCUT2D eigenvalue weighted by Gasteiger charge is -2.12. The van der Waals surface area contributed by atoms with Gasteiger partial charge in [-0.1, -0.05) is 36.4 Å². The molecule has 150 valence electrons. The van der Waals surface area contributed by atoms with E-state index in [4.69, 9.17) is 9.72 Å². The van der Waals surface area contributed by atoms with Gasteiger partial charge in [0.05, 0.1) is 17.8 Å². The molecule has 0 bridgehead atoms. The average molecular weight is 415 g/mol. The topological polar surface area (TPSA) is 51.2 Å². The van der Waals surface area contributed by atoms with Crippen molar-refractivity contribution < 1.29 is 9.53 Å². The lowest BCUT2D eigenvalue weighted by molar-refractivity contribution is 0.102. The van der Waals surface area contributed by atoms with Crippen LogP contribution in [0.5, 0.6) is 5.75 Å². The van der Waals surface area contributed by atoms with E-state index in [9.17, 15) is 4.79 Å². The molecule has 4 aromatic rings. The van der Waals surface area contributed by atoms with Gasteiger partial charge in [0.2, 0.25) is 0 Å². The molecule has 1 amide bonds. The normalized spacial score (nSPS) is 10.7. The van der Waals surface area contributed by atoms with E-state index in [2.05, 4.69) is 5.32 Å². The third kappa shape index (κ3) is 4.31. The number of fused-ring (bicyclic) bond motifs is 1. The Balaban J connectivity index is 1.70. The summed E-state index contributed by atoms with van der Waals surface area (Å²) in [5.74, 6) is 0.560. The Bertz CT molecular complexity index is 1190. The van der Waals surface area contributed by atoms with Crippen LogP contribution < -0.4 is 10.1 Å². The van der Waals surface area contributed by atoms with Crippen molar-refractivity contribution in [1.29, 1.82) is 0 Å². The Morgan fingerprint density at radius 3 is 2.60 bits per heavy atom. The molecule has 0 saturated carbocycles. The molecule has 1 aromatic heterocycles. The molecule has 0 aliphatic carbocycles. The second kappa shape index (κ2) is 9.01. The van der Waals surface area contributed by atoms with Crippen molar-refractivity contribution in [3.63, 3.8) is 0 Å². The third-order valence-corrected chi connectivity index (χ3v) is 5.46. The summed E-state index contributed by atoms with van der Waals surface area (Å²) >= 11 is 1.64. The van der Waals surface area contributed by atoms with Crippen molar-refractivity contribution >= 4 is 34.3 Å². The lowest BCUT2D eigenvalue weighted by Crippen LogP contribution is -2.12. The van der Waals surface area contributed by atoms with E-state index in [1.807, 2.05) is 86.0 Å². The summed E-state index contributed by atoms with van der Waals surface area (Å²) in [5.41, 5.74) is 4.00. The van der Waals surface area contributed by atoms with Gasteiger partial charge in [0.1, 0.15) is 5.75 Å². The number of nitrogens with zero attached hydrogens (tertiary/aromatic N) is 1. The average Bonchev–Trinajstić information content (AvgIpc) is 2.79. The molecule has 5 heteroatoms. The maximum atomic E-state index is 12.8. The van der Waals surface area contributed by atoms with Gasteiger partial charge >= 0.3 is 0 Å². The van der Waals surface area contributed by atoms with Crippen LogP contribution in [0.25, 0.3) is 22.2 Å². The highest BCUT2D eigenvalue weighted by Crippen LogP contribution is 2.31. The first kappa shape index (κ1) is 20.0. The van der Waals surface area contributed by atoms with Crippen LogP contribution in [0.4, 0.5) is 5.69 Å². The Morgan fingerprint density at radius 1 is 1.00 bits per heavy atom. The van der Waals surface area contributed by atoms with Crippen LogP contribution >= 0.6 is 11.8 Å². The standard InChI is InChI=1S/C25H22N2O2S/c1-3-29-24-16-23(17-8-5-4-6-9-17)27-22-13-12-18(14-21(22)24)25(28)26-19-10-7-11-20(15-19)30-2/h4-16H,3H2,1-2H3,(H,26,28). The van der Waals surface area contributed by atoms with Gasteiger partial charge in [0.25, 0.3) is 5.91 Å². The molecule has 4 nitrogen and oxygen atoms in total. The van der Waals surface area contributed by atoms with Crippen LogP contribution in [0.1, 0.15) is 17.3 Å². The molecule has 0 aliphatic heterocycles. The molecule has 1 heterocycles. The van der Waals surface area contributed by atoms with Crippen LogP contribution in [-0.4, -0.2) is 23.8 Å². The molecule has 0 unspecified atom stereocenters. The molecule has 1 N–H and O–H groups in total. The molecule has 30 heavy (non-hydrogen) atoms. The molecule has 0 saturated heterocycles. The fourth-order valence-electron chi connectivity index (χ4n) is 3.27. The number of benzene rings is 3. The van der Waals surface area contributed by atoms with E-state index in [1.54, 1.807) is 17.8 Å². The van der Waals surface area contributed by atoms with Crippen LogP contribution in [0.3, 0.4) is 0 Å². The molecule has 0 fully saturated rings. The zero-order chi connectivity index (χ0) is 20.9. The third-order valence-electron chi connectivity index (χ3n) is 4.73. The number of aromatic nitrogens is 1. The Morgan fingerprint density at radius 2 is 1.83 bits per heavy atom. The minimum absolute atomic E-state index is 0.162. The van der Waals surface area contributed by atoms with Crippen molar-refractivity contribution in [2.24, 2.45) is 0 Å². The predicted octanol–water partition coefficient (Wildman–Crippen LogP) is 6.27. The Labute approximate surface area is 180 Å². The second-order valence-corrected chi connectivity index (χ2v) is 7.60. The minimum Gasteiger partial charge on any atom is -0.493 e. The van der Waals surface area contributed by atoms with Gasteiger partial charge < -0.3 is 10.1 Å². The van der Waals surface area contributed by atoms with Crippen molar-refractivity contribution in [1.82, 2.24) is 4.98 Å². The molecule has 0 atom stereocenters. The highest BCUT2D eigenvalue weighted by molar-refractivity contribution is 7.98. The van der Waals surface area contributed by atoms with Crippen molar-refractivity contribution in [2.75, 3.05) is 18.2 Å². The fraction of sp³-hybridized carbons (Fsp3) is 0.120. The molecule has 0 spiro atoms. The molecule has 0 aliphatic rings. The first-order chi connectivity index (χ1) is 14.7. The number of carbonyl (C=O) groups is 1. The minimum atomic E-state index is -0.162. The number of anilines is 1. The van der Waals surface area contributed by atoms with Crippen molar-refractivity contribution in [3.8, 4) is 17.0 Å². The fourth-order valence-corrected chi connectivity index (χ4v) is 3.73. The number of amides is 1. The highest BCUT2D eigenvalue weighted by Gasteiger charge is 2.13. The first-order valence-corrected chi connectivity index (χ1v) is 11.0. The zero-order valence-electron chi connectivity index (χ0n) is 16.9. The van der Waals surface area contributed by atoms with Crippen LogP contribution in [0, 0.1) is 0 Å². The molecule has 4 rings (SSSR count). The molecule has 3 aromatic carbocycles. The number of hydrogen-bond donors (Lipinski definition) is 1. The van der Waals surface area contributed by atoms with Crippen LogP contribution in [0.15, 0.2) is 83.8 Å². The van der Waals surface area contributed by atoms with E-state index in [0.717, 1.165) is 38.5 Å². The number of nitrogens with one attached hydrogen (secondary N) is 1. The van der Waals surface area contributed by atoms with E-state index < -0.39 is 0 Å². The number of ether oxygens (including phenoxy) is 1. The molecule has 0 radical (unpaired) electrons. The quantitative estimate of drug-likeness (QED) is 0.378. The summed E-state index contributed by atoms with van der Waals surface area (Å²) in [5, 5.41) is 3.79. The van der Waals surface area contributed by atoms with Gasteiger partial charge in [-0.25, -0.2) is 4.98 Å². The predicted molar refractivity (Wildman–Crippen MR) is 125 cm³/mol. The Hall–Kier alpha value is -3.31. The summed E-state index contributed by atoms with van der Waals surface area (Å²) in [6.45, 7) is 2.48. The largest absolute Gasteiger partial charge is 0.493 e. The lowest BCUT2D eigenvalue weighted by atomic mass is 10.1. The number of carbonyl (C=O) groups excluding carboxylic acids is 1. The smallest absolute Gasteiger partial charge is 0.255 e. The van der Waals surface area contributed by atoms with E-state index >= 15 is 0 Å².